The third-order valence-electron chi connectivity index (χ3n) is 2.04. The van der Waals surface area contributed by atoms with E-state index >= 15 is 0 Å². The Bertz CT molecular complexity index is 221. The summed E-state index contributed by atoms with van der Waals surface area (Å²) in [5.41, 5.74) is 3.08. The van der Waals surface area contributed by atoms with Gasteiger partial charge in [-0.15, -0.1) is 0 Å². The summed E-state index contributed by atoms with van der Waals surface area (Å²) in [5.74, 6) is 0. The predicted octanol–water partition coefficient (Wildman–Crippen LogP) is 1.75. The molecule has 1 aliphatic heterocycles. The highest BCUT2D eigenvalue weighted by atomic mass is 14.8. The highest BCUT2D eigenvalue weighted by Gasteiger charge is 2.07. The van der Waals surface area contributed by atoms with Crippen molar-refractivity contribution in [3.63, 3.8) is 0 Å². The lowest BCUT2D eigenvalue weighted by atomic mass is 9.95. The second kappa shape index (κ2) is 2.33. The molecule has 1 heteroatoms. The lowest BCUT2D eigenvalue weighted by Crippen LogP contribution is -2.16. The number of nitrogens with one attached hydrogen (secondary N) is 1. The van der Waals surface area contributed by atoms with E-state index in [2.05, 4.69) is 23.5 Å². The van der Waals surface area contributed by atoms with Gasteiger partial charge in [0.1, 0.15) is 0 Å². The third kappa shape index (κ3) is 0.878. The van der Waals surface area contributed by atoms with Crippen LogP contribution in [-0.4, -0.2) is 6.54 Å². The van der Waals surface area contributed by atoms with Crippen molar-refractivity contribution >= 4 is 0 Å². The van der Waals surface area contributed by atoms with E-state index in [1.807, 2.05) is 6.20 Å². The van der Waals surface area contributed by atoms with E-state index < -0.39 is 0 Å². The Balaban J connectivity index is 2.25. The maximum atomic E-state index is 3.21. The van der Waals surface area contributed by atoms with Crippen LogP contribution >= 0.6 is 0 Å². The molecule has 52 valence electrons. The molecular weight excluding hydrogens is 122 g/mol. The molecule has 0 aromatic heterocycles. The Labute approximate surface area is 61.1 Å². The number of dihydropyridines is 1. The smallest absolute Gasteiger partial charge is 0.0363 e. The SMILES string of the molecule is C1=CCC2=C(C=CNC2)C1. The zero-order chi connectivity index (χ0) is 6.81. The van der Waals surface area contributed by atoms with Gasteiger partial charge in [-0.3, -0.25) is 0 Å². The Morgan fingerprint density at radius 3 is 3.00 bits per heavy atom. The van der Waals surface area contributed by atoms with Crippen LogP contribution in [0.1, 0.15) is 12.8 Å². The van der Waals surface area contributed by atoms with E-state index in [1.54, 1.807) is 5.57 Å². The number of hydrogen-bond donors (Lipinski definition) is 1. The average Bonchev–Trinajstić information content (AvgIpc) is 2.05. The van der Waals surface area contributed by atoms with Gasteiger partial charge < -0.3 is 5.32 Å². The average molecular weight is 133 g/mol. The molecule has 1 heterocycles. The van der Waals surface area contributed by atoms with Gasteiger partial charge in [0.15, 0.2) is 0 Å². The van der Waals surface area contributed by atoms with Crippen molar-refractivity contribution in [3.05, 3.63) is 35.6 Å². The number of hydrogen-bond acceptors (Lipinski definition) is 1. The number of allylic oxidation sites excluding steroid dienone is 4. The Morgan fingerprint density at radius 2 is 2.10 bits per heavy atom. The quantitative estimate of drug-likeness (QED) is 0.496. The topological polar surface area (TPSA) is 12.0 Å². The minimum atomic E-state index is 1.05. The molecule has 0 aromatic rings. The van der Waals surface area contributed by atoms with Crippen LogP contribution in [0.5, 0.6) is 0 Å². The molecule has 1 aliphatic carbocycles. The van der Waals surface area contributed by atoms with Crippen LogP contribution in [-0.2, 0) is 0 Å². The Morgan fingerprint density at radius 1 is 1.20 bits per heavy atom. The van der Waals surface area contributed by atoms with Crippen molar-refractivity contribution in [1.82, 2.24) is 5.32 Å². The summed E-state index contributed by atoms with van der Waals surface area (Å²) in [6.07, 6.45) is 11.0. The molecule has 2 aliphatic rings. The van der Waals surface area contributed by atoms with Gasteiger partial charge in [0, 0.05) is 6.54 Å². The summed E-state index contributed by atoms with van der Waals surface area (Å²) in [4.78, 5) is 0. The molecule has 0 saturated carbocycles. The first kappa shape index (κ1) is 5.78. The molecule has 0 saturated heterocycles. The van der Waals surface area contributed by atoms with Crippen LogP contribution in [0.3, 0.4) is 0 Å². The highest BCUT2D eigenvalue weighted by molar-refractivity contribution is 5.35. The Hall–Kier alpha value is -0.980. The minimum Gasteiger partial charge on any atom is -0.387 e. The van der Waals surface area contributed by atoms with Gasteiger partial charge in [0.05, 0.1) is 0 Å². The van der Waals surface area contributed by atoms with Gasteiger partial charge >= 0.3 is 0 Å². The van der Waals surface area contributed by atoms with E-state index in [1.165, 1.54) is 5.57 Å². The molecule has 2 rings (SSSR count). The lowest BCUT2D eigenvalue weighted by Gasteiger charge is -2.17. The highest BCUT2D eigenvalue weighted by Crippen LogP contribution is 2.21. The van der Waals surface area contributed by atoms with Gasteiger partial charge in [-0.05, 0) is 36.3 Å². The fraction of sp³-hybridized carbons (Fsp3) is 0.333. The van der Waals surface area contributed by atoms with Crippen molar-refractivity contribution in [2.75, 3.05) is 6.54 Å². The van der Waals surface area contributed by atoms with Gasteiger partial charge in [-0.25, -0.2) is 0 Å². The van der Waals surface area contributed by atoms with E-state index in [0.29, 0.717) is 0 Å². The maximum absolute atomic E-state index is 3.21. The Kier molecular flexibility index (Phi) is 1.35. The van der Waals surface area contributed by atoms with Crippen LogP contribution in [0.4, 0.5) is 0 Å². The maximum Gasteiger partial charge on any atom is 0.0363 e. The predicted molar refractivity (Wildman–Crippen MR) is 42.5 cm³/mol. The van der Waals surface area contributed by atoms with Gasteiger partial charge in [0.25, 0.3) is 0 Å². The monoisotopic (exact) mass is 133 g/mol. The second-order valence-corrected chi connectivity index (χ2v) is 2.72. The molecule has 0 atom stereocenters. The first-order valence-corrected chi connectivity index (χ1v) is 3.72. The normalized spacial score (nSPS) is 22.4. The second-order valence-electron chi connectivity index (χ2n) is 2.72. The number of rotatable bonds is 0. The summed E-state index contributed by atoms with van der Waals surface area (Å²) in [7, 11) is 0. The minimum absolute atomic E-state index is 1.05. The van der Waals surface area contributed by atoms with Crippen LogP contribution in [0.25, 0.3) is 0 Å². The van der Waals surface area contributed by atoms with Crippen molar-refractivity contribution in [2.45, 2.75) is 12.8 Å². The van der Waals surface area contributed by atoms with Crippen molar-refractivity contribution in [1.29, 1.82) is 0 Å². The van der Waals surface area contributed by atoms with Gasteiger partial charge in [-0.2, -0.15) is 0 Å². The molecule has 0 unspecified atom stereocenters. The summed E-state index contributed by atoms with van der Waals surface area (Å²) in [5, 5.41) is 3.21. The summed E-state index contributed by atoms with van der Waals surface area (Å²) >= 11 is 0. The molecule has 0 aromatic carbocycles. The lowest BCUT2D eigenvalue weighted by molar-refractivity contribution is 0.856. The zero-order valence-corrected chi connectivity index (χ0v) is 5.93. The van der Waals surface area contributed by atoms with Crippen LogP contribution in [0.15, 0.2) is 35.6 Å². The summed E-state index contributed by atoms with van der Waals surface area (Å²) in [6.45, 7) is 1.05. The van der Waals surface area contributed by atoms with Gasteiger partial charge in [-0.1, -0.05) is 12.2 Å². The van der Waals surface area contributed by atoms with Crippen molar-refractivity contribution < 1.29 is 0 Å². The molecule has 0 radical (unpaired) electrons. The molecule has 0 spiro atoms. The largest absolute Gasteiger partial charge is 0.387 e. The molecular formula is C9H11N. The van der Waals surface area contributed by atoms with E-state index in [9.17, 15) is 0 Å². The van der Waals surface area contributed by atoms with E-state index in [4.69, 9.17) is 0 Å². The molecule has 1 N–H and O–H groups in total. The summed E-state index contributed by atoms with van der Waals surface area (Å²) in [6, 6.07) is 0. The zero-order valence-electron chi connectivity index (χ0n) is 5.93. The standard InChI is InChI=1S/C9H11N/c1-2-4-9-7-10-6-5-8(9)3-1/h1-2,5-6,10H,3-4,7H2. The molecule has 10 heavy (non-hydrogen) atoms. The molecule has 0 amide bonds. The summed E-state index contributed by atoms with van der Waals surface area (Å²) < 4.78 is 0. The van der Waals surface area contributed by atoms with Crippen LogP contribution in [0, 0.1) is 0 Å². The van der Waals surface area contributed by atoms with Crippen LogP contribution in [0.2, 0.25) is 0 Å². The van der Waals surface area contributed by atoms with Crippen molar-refractivity contribution in [2.24, 2.45) is 0 Å². The van der Waals surface area contributed by atoms with Crippen molar-refractivity contribution in [3.8, 4) is 0 Å². The van der Waals surface area contributed by atoms with Gasteiger partial charge in [0.2, 0.25) is 0 Å². The first-order valence-electron chi connectivity index (χ1n) is 3.72. The molecule has 0 fully saturated rings. The van der Waals surface area contributed by atoms with E-state index in [-0.39, 0.29) is 0 Å². The molecule has 0 bridgehead atoms. The third-order valence-corrected chi connectivity index (χ3v) is 2.04. The first-order chi connectivity index (χ1) is 4.97. The van der Waals surface area contributed by atoms with E-state index in [0.717, 1.165) is 19.4 Å². The van der Waals surface area contributed by atoms with Crippen LogP contribution < -0.4 is 5.32 Å². The molecule has 1 nitrogen and oxygen atoms in total. The fourth-order valence-electron chi connectivity index (χ4n) is 1.42. The fourth-order valence-corrected chi connectivity index (χ4v) is 1.42.